The van der Waals surface area contributed by atoms with E-state index < -0.39 is 0 Å². The average molecular weight is 370 g/mol. The molecule has 3 heterocycles. The van der Waals surface area contributed by atoms with Crippen molar-refractivity contribution < 1.29 is 0 Å². The van der Waals surface area contributed by atoms with Gasteiger partial charge in [0.1, 0.15) is 24.8 Å². The highest BCUT2D eigenvalue weighted by Crippen LogP contribution is 2.30. The van der Waals surface area contributed by atoms with Gasteiger partial charge in [0.05, 0.1) is 11.2 Å². The van der Waals surface area contributed by atoms with Crippen molar-refractivity contribution in [3.8, 4) is 16.1 Å². The molecule has 0 aliphatic heterocycles. The van der Waals surface area contributed by atoms with Gasteiger partial charge < -0.3 is 5.32 Å². The molecular formula is C20H14N6S. The highest BCUT2D eigenvalue weighted by atomic mass is 32.1. The zero-order chi connectivity index (χ0) is 18.1. The first-order chi connectivity index (χ1) is 13.4. The molecule has 5 rings (SSSR count). The number of thiophene rings is 1. The van der Waals surface area contributed by atoms with Crippen LogP contribution in [-0.2, 0) is 0 Å². The first-order valence-corrected chi connectivity index (χ1v) is 9.25. The van der Waals surface area contributed by atoms with Crippen molar-refractivity contribution in [3.05, 3.63) is 79.0 Å². The maximum Gasteiger partial charge on any atom is 0.141 e. The lowest BCUT2D eigenvalue weighted by Gasteiger charge is -2.10. The Morgan fingerprint density at radius 1 is 0.926 bits per heavy atom. The first-order valence-electron chi connectivity index (χ1n) is 8.37. The third-order valence-electron chi connectivity index (χ3n) is 4.25. The molecule has 0 saturated heterocycles. The number of hydrogen-bond acceptors (Lipinski definition) is 6. The van der Waals surface area contributed by atoms with Gasteiger partial charge in [-0.2, -0.15) is 5.10 Å². The minimum atomic E-state index is 0.784. The van der Waals surface area contributed by atoms with E-state index in [1.54, 1.807) is 28.7 Å². The summed E-state index contributed by atoms with van der Waals surface area (Å²) in [5.74, 6) is 0.784. The molecule has 0 aliphatic rings. The van der Waals surface area contributed by atoms with Gasteiger partial charge in [-0.05, 0) is 53.4 Å². The molecule has 0 atom stereocenters. The predicted molar refractivity (Wildman–Crippen MR) is 107 cm³/mol. The van der Waals surface area contributed by atoms with Crippen LogP contribution in [0.4, 0.5) is 11.5 Å². The zero-order valence-electron chi connectivity index (χ0n) is 14.1. The maximum atomic E-state index is 4.45. The van der Waals surface area contributed by atoms with Crippen LogP contribution in [0.15, 0.2) is 79.0 Å². The van der Waals surface area contributed by atoms with E-state index in [9.17, 15) is 0 Å². The Morgan fingerprint density at radius 3 is 2.63 bits per heavy atom. The van der Waals surface area contributed by atoms with Gasteiger partial charge in [-0.3, -0.25) is 0 Å². The fraction of sp³-hybridized carbons (Fsp3) is 0. The molecule has 0 saturated carbocycles. The van der Waals surface area contributed by atoms with Crippen LogP contribution in [0.2, 0.25) is 0 Å². The molecule has 0 unspecified atom stereocenters. The quantitative estimate of drug-likeness (QED) is 0.497. The number of anilines is 2. The number of fused-ring (bicyclic) bond motifs is 1. The lowest BCUT2D eigenvalue weighted by atomic mass is 10.1. The van der Waals surface area contributed by atoms with Gasteiger partial charge in [-0.25, -0.2) is 19.6 Å². The smallest absolute Gasteiger partial charge is 0.141 e. The number of benzene rings is 2. The van der Waals surface area contributed by atoms with E-state index in [1.165, 1.54) is 11.2 Å². The number of rotatable bonds is 4. The Labute approximate surface area is 159 Å². The van der Waals surface area contributed by atoms with Crippen molar-refractivity contribution in [1.29, 1.82) is 0 Å². The maximum absolute atomic E-state index is 4.45. The standard InChI is InChI=1S/C20H14N6S/c1-2-19(27-9-1)14-3-8-18-17(10-14)20(23-12-22-18)25-15-4-6-16(7-5-15)26-13-21-11-24-26/h1-13H,(H,22,23,25). The van der Waals surface area contributed by atoms with Crippen LogP contribution in [0.3, 0.4) is 0 Å². The molecule has 6 nitrogen and oxygen atoms in total. The summed E-state index contributed by atoms with van der Waals surface area (Å²) in [7, 11) is 0. The SMILES string of the molecule is c1csc(-c2ccc3ncnc(Nc4ccc(-n5cncn5)cc4)c3c2)c1. The summed E-state index contributed by atoms with van der Waals surface area (Å²) in [5.41, 5.74) is 3.97. The van der Waals surface area contributed by atoms with Crippen LogP contribution in [-0.4, -0.2) is 24.7 Å². The van der Waals surface area contributed by atoms with Crippen LogP contribution in [0.25, 0.3) is 27.0 Å². The third-order valence-corrected chi connectivity index (χ3v) is 5.17. The minimum Gasteiger partial charge on any atom is -0.340 e. The lowest BCUT2D eigenvalue weighted by Crippen LogP contribution is -1.98. The molecule has 1 N–H and O–H groups in total. The van der Waals surface area contributed by atoms with E-state index in [4.69, 9.17) is 0 Å². The largest absolute Gasteiger partial charge is 0.340 e. The van der Waals surface area contributed by atoms with Crippen molar-refractivity contribution in [2.75, 3.05) is 5.32 Å². The molecule has 2 aromatic carbocycles. The van der Waals surface area contributed by atoms with Crippen LogP contribution in [0.1, 0.15) is 0 Å². The van der Waals surface area contributed by atoms with Crippen LogP contribution in [0.5, 0.6) is 0 Å². The summed E-state index contributed by atoms with van der Waals surface area (Å²) in [6, 6.07) is 18.4. The second kappa shape index (κ2) is 6.62. The van der Waals surface area contributed by atoms with Gasteiger partial charge in [0.15, 0.2) is 0 Å². The van der Waals surface area contributed by atoms with Gasteiger partial charge in [0, 0.05) is 16.0 Å². The number of aromatic nitrogens is 5. The van der Waals surface area contributed by atoms with E-state index in [1.807, 2.05) is 30.3 Å². The van der Waals surface area contributed by atoms with Gasteiger partial charge in [-0.1, -0.05) is 12.1 Å². The van der Waals surface area contributed by atoms with Gasteiger partial charge in [0.2, 0.25) is 0 Å². The second-order valence-corrected chi connectivity index (χ2v) is 6.89. The Bertz CT molecular complexity index is 1180. The molecule has 27 heavy (non-hydrogen) atoms. The summed E-state index contributed by atoms with van der Waals surface area (Å²) >= 11 is 1.72. The zero-order valence-corrected chi connectivity index (χ0v) is 15.0. The molecule has 0 fully saturated rings. The highest BCUT2D eigenvalue weighted by molar-refractivity contribution is 7.13. The molecule has 5 aromatic rings. The van der Waals surface area contributed by atoms with Crippen molar-refractivity contribution >= 4 is 33.7 Å². The normalized spacial score (nSPS) is 11.0. The molecule has 0 aliphatic carbocycles. The molecule has 7 heteroatoms. The Hall–Kier alpha value is -3.58. The lowest BCUT2D eigenvalue weighted by molar-refractivity contribution is 0.879. The number of hydrogen-bond donors (Lipinski definition) is 1. The van der Waals surface area contributed by atoms with Crippen LogP contribution < -0.4 is 5.32 Å². The summed E-state index contributed by atoms with van der Waals surface area (Å²) in [6.45, 7) is 0. The van der Waals surface area contributed by atoms with E-state index >= 15 is 0 Å². The van der Waals surface area contributed by atoms with Gasteiger partial charge in [-0.15, -0.1) is 11.3 Å². The summed E-state index contributed by atoms with van der Waals surface area (Å²) in [6.07, 6.45) is 4.77. The van der Waals surface area contributed by atoms with Crippen LogP contribution in [0, 0.1) is 0 Å². The topological polar surface area (TPSA) is 68.5 Å². The summed E-state index contributed by atoms with van der Waals surface area (Å²) in [4.78, 5) is 14.0. The van der Waals surface area contributed by atoms with E-state index in [0.29, 0.717) is 0 Å². The molecule has 130 valence electrons. The highest BCUT2D eigenvalue weighted by Gasteiger charge is 2.07. The van der Waals surface area contributed by atoms with E-state index in [2.05, 4.69) is 55.0 Å². The average Bonchev–Trinajstić information content (AvgIpc) is 3.43. The molecule has 0 amide bonds. The van der Waals surface area contributed by atoms with E-state index in [0.717, 1.165) is 33.7 Å². The number of nitrogens with zero attached hydrogens (tertiary/aromatic N) is 5. The van der Waals surface area contributed by atoms with Crippen molar-refractivity contribution in [2.24, 2.45) is 0 Å². The second-order valence-electron chi connectivity index (χ2n) is 5.94. The monoisotopic (exact) mass is 370 g/mol. The number of nitrogens with one attached hydrogen (secondary N) is 1. The van der Waals surface area contributed by atoms with Crippen LogP contribution >= 0.6 is 11.3 Å². The Morgan fingerprint density at radius 2 is 1.85 bits per heavy atom. The third kappa shape index (κ3) is 3.04. The Balaban J connectivity index is 1.50. The molecular weight excluding hydrogens is 356 g/mol. The molecule has 3 aromatic heterocycles. The molecule has 0 spiro atoms. The van der Waals surface area contributed by atoms with Gasteiger partial charge >= 0.3 is 0 Å². The van der Waals surface area contributed by atoms with E-state index in [-0.39, 0.29) is 0 Å². The fourth-order valence-corrected chi connectivity index (χ4v) is 3.65. The summed E-state index contributed by atoms with van der Waals surface area (Å²) < 4.78 is 1.72. The molecule has 0 radical (unpaired) electrons. The van der Waals surface area contributed by atoms with Crippen molar-refractivity contribution in [2.45, 2.75) is 0 Å². The summed E-state index contributed by atoms with van der Waals surface area (Å²) in [5, 5.41) is 10.6. The molecule has 0 bridgehead atoms. The minimum absolute atomic E-state index is 0.784. The van der Waals surface area contributed by atoms with Crippen molar-refractivity contribution in [3.63, 3.8) is 0 Å². The predicted octanol–water partition coefficient (Wildman–Crippen LogP) is 4.68. The first kappa shape index (κ1) is 15.7. The fourth-order valence-electron chi connectivity index (χ4n) is 2.93. The van der Waals surface area contributed by atoms with Gasteiger partial charge in [0.25, 0.3) is 0 Å². The Kier molecular flexibility index (Phi) is 3.84. The van der Waals surface area contributed by atoms with Crippen molar-refractivity contribution in [1.82, 2.24) is 24.7 Å².